The maximum Gasteiger partial charge on any atom is 0.269 e. The number of nitrogens with zero attached hydrogens (tertiary/aromatic N) is 1. The molecule has 1 fully saturated rings. The molecule has 1 unspecified atom stereocenters. The van der Waals surface area contributed by atoms with Crippen molar-refractivity contribution in [2.75, 3.05) is 13.1 Å². The van der Waals surface area contributed by atoms with Crippen LogP contribution in [0, 0.1) is 11.8 Å². The molecule has 0 aliphatic carbocycles. The van der Waals surface area contributed by atoms with E-state index < -0.39 is 5.91 Å². The van der Waals surface area contributed by atoms with Crippen LogP contribution in [0.3, 0.4) is 0 Å². The summed E-state index contributed by atoms with van der Waals surface area (Å²) in [7, 11) is 0. The zero-order chi connectivity index (χ0) is 22.2. The summed E-state index contributed by atoms with van der Waals surface area (Å²) >= 11 is 0. The number of hydrogen-bond acceptors (Lipinski definition) is 4. The number of ether oxygens (including phenoxy) is 1. The number of amides is 3. The zero-order valence-corrected chi connectivity index (χ0v) is 18.0. The van der Waals surface area contributed by atoms with Crippen LogP contribution < -0.4 is 15.6 Å². The highest BCUT2D eigenvalue weighted by Gasteiger charge is 2.29. The lowest BCUT2D eigenvalue weighted by atomic mass is 9.96. The highest BCUT2D eigenvalue weighted by atomic mass is 16.5. The second-order valence-corrected chi connectivity index (χ2v) is 8.02. The molecule has 7 heteroatoms. The number of nitrogens with one attached hydrogen (secondary N) is 2. The number of carbonyl (C=O) groups is 3. The molecule has 0 bridgehead atoms. The van der Waals surface area contributed by atoms with Gasteiger partial charge < -0.3 is 9.64 Å². The summed E-state index contributed by atoms with van der Waals surface area (Å²) < 4.78 is 5.72. The molecule has 1 aliphatic rings. The quantitative estimate of drug-likeness (QED) is 0.700. The van der Waals surface area contributed by atoms with Gasteiger partial charge in [0, 0.05) is 24.6 Å². The van der Waals surface area contributed by atoms with E-state index in [2.05, 4.69) is 10.9 Å². The SMILES string of the molecule is CC(C)C(=O)N1CCCC(C(=O)NNC(=O)c2ccc(OCc3ccccc3)cc2)C1. The lowest BCUT2D eigenvalue weighted by molar-refractivity contribution is -0.138. The van der Waals surface area contributed by atoms with Crippen LogP contribution in [0.15, 0.2) is 54.6 Å². The molecule has 164 valence electrons. The maximum absolute atomic E-state index is 12.5. The van der Waals surface area contributed by atoms with Crippen molar-refractivity contribution >= 4 is 17.7 Å². The minimum Gasteiger partial charge on any atom is -0.489 e. The standard InChI is InChI=1S/C24H29N3O4/c1-17(2)24(30)27-14-6-9-20(15-27)23(29)26-25-22(28)19-10-12-21(13-11-19)31-16-18-7-4-3-5-8-18/h3-5,7-8,10-13,17,20H,6,9,14-16H2,1-2H3,(H,25,28)(H,26,29). The van der Waals surface area contributed by atoms with Crippen molar-refractivity contribution in [3.8, 4) is 5.75 Å². The summed E-state index contributed by atoms with van der Waals surface area (Å²) in [5.74, 6) is -0.407. The zero-order valence-electron chi connectivity index (χ0n) is 18.0. The Bertz CT molecular complexity index is 897. The topological polar surface area (TPSA) is 87.7 Å². The van der Waals surface area contributed by atoms with Crippen LogP contribution in [0.1, 0.15) is 42.6 Å². The number of rotatable bonds is 6. The van der Waals surface area contributed by atoms with Crippen LogP contribution in [-0.2, 0) is 16.2 Å². The van der Waals surface area contributed by atoms with Gasteiger partial charge in [0.15, 0.2) is 0 Å². The van der Waals surface area contributed by atoms with Crippen LogP contribution in [-0.4, -0.2) is 35.7 Å². The van der Waals surface area contributed by atoms with Gasteiger partial charge in [0.2, 0.25) is 11.8 Å². The van der Waals surface area contributed by atoms with Gasteiger partial charge in [-0.25, -0.2) is 0 Å². The normalized spacial score (nSPS) is 16.0. The molecule has 2 N–H and O–H groups in total. The highest BCUT2D eigenvalue weighted by Crippen LogP contribution is 2.18. The maximum atomic E-state index is 12.5. The molecule has 3 rings (SSSR count). The van der Waals surface area contributed by atoms with E-state index >= 15 is 0 Å². The van der Waals surface area contributed by atoms with Gasteiger partial charge in [0.1, 0.15) is 12.4 Å². The fourth-order valence-corrected chi connectivity index (χ4v) is 3.49. The molecule has 1 atom stereocenters. The molecule has 7 nitrogen and oxygen atoms in total. The molecule has 2 aromatic carbocycles. The van der Waals surface area contributed by atoms with Gasteiger partial charge in [-0.3, -0.25) is 25.2 Å². The van der Waals surface area contributed by atoms with Crippen molar-refractivity contribution in [3.05, 3.63) is 65.7 Å². The third kappa shape index (κ3) is 6.31. The molecule has 3 amide bonds. The number of hydrazine groups is 1. The first-order valence-corrected chi connectivity index (χ1v) is 10.6. The van der Waals surface area contributed by atoms with Crippen molar-refractivity contribution in [1.82, 2.24) is 15.8 Å². The van der Waals surface area contributed by atoms with E-state index in [9.17, 15) is 14.4 Å². The number of carbonyl (C=O) groups excluding carboxylic acids is 3. The molecule has 0 aromatic heterocycles. The molecular formula is C24H29N3O4. The molecular weight excluding hydrogens is 394 g/mol. The van der Waals surface area contributed by atoms with Crippen molar-refractivity contribution < 1.29 is 19.1 Å². The van der Waals surface area contributed by atoms with Gasteiger partial charge >= 0.3 is 0 Å². The molecule has 31 heavy (non-hydrogen) atoms. The first-order chi connectivity index (χ1) is 14.9. The van der Waals surface area contributed by atoms with Gasteiger partial charge in [0.25, 0.3) is 5.91 Å². The number of hydrogen-bond donors (Lipinski definition) is 2. The third-order valence-electron chi connectivity index (χ3n) is 5.26. The number of piperidine rings is 1. The van der Waals surface area contributed by atoms with E-state index in [1.54, 1.807) is 29.2 Å². The Labute approximate surface area is 182 Å². The van der Waals surface area contributed by atoms with E-state index in [1.807, 2.05) is 44.2 Å². The average Bonchev–Trinajstić information content (AvgIpc) is 2.81. The molecule has 1 heterocycles. The second-order valence-electron chi connectivity index (χ2n) is 8.02. The Hall–Kier alpha value is -3.35. The van der Waals surface area contributed by atoms with Gasteiger partial charge in [-0.05, 0) is 42.7 Å². The van der Waals surface area contributed by atoms with Crippen LogP contribution in [0.5, 0.6) is 5.75 Å². The molecule has 2 aromatic rings. The van der Waals surface area contributed by atoms with Crippen molar-refractivity contribution in [2.45, 2.75) is 33.3 Å². The summed E-state index contributed by atoms with van der Waals surface area (Å²) in [5.41, 5.74) is 6.42. The lowest BCUT2D eigenvalue weighted by Crippen LogP contribution is -2.50. The summed E-state index contributed by atoms with van der Waals surface area (Å²) in [6.07, 6.45) is 1.46. The van der Waals surface area contributed by atoms with Gasteiger partial charge in [-0.1, -0.05) is 44.2 Å². The van der Waals surface area contributed by atoms with Crippen LogP contribution in [0.2, 0.25) is 0 Å². The Kier molecular flexibility index (Phi) is 7.65. The summed E-state index contributed by atoms with van der Waals surface area (Å²) in [5, 5.41) is 0. The van der Waals surface area contributed by atoms with E-state index in [-0.39, 0.29) is 23.7 Å². The fourth-order valence-electron chi connectivity index (χ4n) is 3.49. The van der Waals surface area contributed by atoms with Crippen LogP contribution in [0.25, 0.3) is 0 Å². The van der Waals surface area contributed by atoms with Gasteiger partial charge in [-0.15, -0.1) is 0 Å². The second kappa shape index (κ2) is 10.6. The van der Waals surface area contributed by atoms with Gasteiger partial charge in [0.05, 0.1) is 5.92 Å². The molecule has 0 saturated carbocycles. The first kappa shape index (κ1) is 22.3. The molecule has 1 saturated heterocycles. The number of benzene rings is 2. The Morgan fingerprint density at radius 1 is 1.03 bits per heavy atom. The summed E-state index contributed by atoms with van der Waals surface area (Å²) in [6.45, 7) is 5.20. The van der Waals surface area contributed by atoms with Crippen LogP contribution >= 0.6 is 0 Å². The monoisotopic (exact) mass is 423 g/mol. The summed E-state index contributed by atoms with van der Waals surface area (Å²) in [4.78, 5) is 38.7. The predicted molar refractivity (Wildman–Crippen MR) is 117 cm³/mol. The Morgan fingerprint density at radius 3 is 2.42 bits per heavy atom. The summed E-state index contributed by atoms with van der Waals surface area (Å²) in [6, 6.07) is 16.5. The minimum absolute atomic E-state index is 0.0520. The highest BCUT2D eigenvalue weighted by molar-refractivity contribution is 5.95. The Balaban J connectivity index is 1.46. The molecule has 0 spiro atoms. The lowest BCUT2D eigenvalue weighted by Gasteiger charge is -2.33. The fraction of sp³-hybridized carbons (Fsp3) is 0.375. The average molecular weight is 424 g/mol. The smallest absolute Gasteiger partial charge is 0.269 e. The molecule has 0 radical (unpaired) electrons. The van der Waals surface area contributed by atoms with Crippen molar-refractivity contribution in [2.24, 2.45) is 11.8 Å². The number of likely N-dealkylation sites (tertiary alicyclic amines) is 1. The van der Waals surface area contributed by atoms with E-state index in [4.69, 9.17) is 4.74 Å². The predicted octanol–water partition coefficient (Wildman–Crippen LogP) is 2.92. The Morgan fingerprint density at radius 2 is 1.74 bits per heavy atom. The van der Waals surface area contributed by atoms with E-state index in [1.165, 1.54) is 0 Å². The van der Waals surface area contributed by atoms with Crippen molar-refractivity contribution in [3.63, 3.8) is 0 Å². The van der Waals surface area contributed by atoms with Gasteiger partial charge in [-0.2, -0.15) is 0 Å². The largest absolute Gasteiger partial charge is 0.489 e. The van der Waals surface area contributed by atoms with E-state index in [0.29, 0.717) is 37.4 Å². The third-order valence-corrected chi connectivity index (χ3v) is 5.26. The first-order valence-electron chi connectivity index (χ1n) is 10.6. The van der Waals surface area contributed by atoms with Crippen LogP contribution in [0.4, 0.5) is 0 Å². The minimum atomic E-state index is -0.408. The van der Waals surface area contributed by atoms with Crippen molar-refractivity contribution in [1.29, 1.82) is 0 Å². The molecule has 1 aliphatic heterocycles. The van der Waals surface area contributed by atoms with E-state index in [0.717, 1.165) is 12.0 Å².